The molecule has 1 unspecified atom stereocenters. The molecule has 0 radical (unpaired) electrons. The Balaban J connectivity index is 1.61. The normalized spacial score (nSPS) is 23.8. The second kappa shape index (κ2) is 7.09. The number of nitrogens with one attached hydrogen (secondary N) is 1. The van der Waals surface area contributed by atoms with Gasteiger partial charge in [0.2, 0.25) is 0 Å². The third-order valence-electron chi connectivity index (χ3n) is 5.07. The Morgan fingerprint density at radius 1 is 1.21 bits per heavy atom. The lowest BCUT2D eigenvalue weighted by Gasteiger charge is -2.25. The van der Waals surface area contributed by atoms with Crippen molar-refractivity contribution in [3.8, 4) is 0 Å². The van der Waals surface area contributed by atoms with Crippen molar-refractivity contribution in [1.29, 1.82) is 0 Å². The van der Waals surface area contributed by atoms with E-state index in [1.807, 2.05) is 11.9 Å². The SMILES string of the molecule is CN(c1ccc(C(=O)NC2CCCCC2)cn1)C1CCS(=O)(=O)C1. The minimum Gasteiger partial charge on any atom is -0.356 e. The molecule has 3 rings (SSSR count). The molecule has 1 saturated heterocycles. The number of anilines is 1. The van der Waals surface area contributed by atoms with E-state index in [-0.39, 0.29) is 29.5 Å². The molecule has 1 atom stereocenters. The molecular weight excluding hydrogens is 326 g/mol. The van der Waals surface area contributed by atoms with Gasteiger partial charge in [-0.2, -0.15) is 0 Å². The minimum absolute atomic E-state index is 0.0376. The average molecular weight is 351 g/mol. The van der Waals surface area contributed by atoms with Crippen LogP contribution in [-0.2, 0) is 9.84 Å². The highest BCUT2D eigenvalue weighted by Crippen LogP contribution is 2.22. The number of sulfone groups is 1. The van der Waals surface area contributed by atoms with Gasteiger partial charge < -0.3 is 10.2 Å². The molecule has 7 heteroatoms. The molecule has 1 amide bonds. The molecular formula is C17H25N3O3S. The molecule has 0 bridgehead atoms. The zero-order valence-electron chi connectivity index (χ0n) is 14.1. The summed E-state index contributed by atoms with van der Waals surface area (Å²) in [4.78, 5) is 18.5. The van der Waals surface area contributed by atoms with Crippen molar-refractivity contribution < 1.29 is 13.2 Å². The summed E-state index contributed by atoms with van der Waals surface area (Å²) in [5, 5.41) is 3.08. The third-order valence-corrected chi connectivity index (χ3v) is 6.82. The molecule has 132 valence electrons. The molecule has 1 aromatic rings. The van der Waals surface area contributed by atoms with E-state index in [0.29, 0.717) is 17.8 Å². The molecule has 1 aliphatic carbocycles. The summed E-state index contributed by atoms with van der Waals surface area (Å²) in [6, 6.07) is 3.79. The maximum absolute atomic E-state index is 12.3. The van der Waals surface area contributed by atoms with Crippen LogP contribution < -0.4 is 10.2 Å². The van der Waals surface area contributed by atoms with E-state index in [1.54, 1.807) is 18.3 Å². The number of hydrogen-bond donors (Lipinski definition) is 1. The standard InChI is InChI=1S/C17H25N3O3S/c1-20(15-9-10-24(22,23)12-15)16-8-7-13(11-18-16)17(21)19-14-5-3-2-4-6-14/h7-8,11,14-15H,2-6,9-10,12H2,1H3,(H,19,21). The fourth-order valence-electron chi connectivity index (χ4n) is 3.51. The number of carbonyl (C=O) groups is 1. The van der Waals surface area contributed by atoms with E-state index in [2.05, 4.69) is 10.3 Å². The van der Waals surface area contributed by atoms with Crippen molar-refractivity contribution in [3.05, 3.63) is 23.9 Å². The Hall–Kier alpha value is -1.63. The molecule has 6 nitrogen and oxygen atoms in total. The van der Waals surface area contributed by atoms with Gasteiger partial charge in [0.15, 0.2) is 9.84 Å². The zero-order valence-corrected chi connectivity index (χ0v) is 14.9. The van der Waals surface area contributed by atoms with Crippen molar-refractivity contribution >= 4 is 21.6 Å². The Morgan fingerprint density at radius 2 is 1.96 bits per heavy atom. The van der Waals surface area contributed by atoms with Crippen LogP contribution in [0.4, 0.5) is 5.82 Å². The second-order valence-electron chi connectivity index (χ2n) is 6.88. The topological polar surface area (TPSA) is 79.4 Å². The maximum atomic E-state index is 12.3. The van der Waals surface area contributed by atoms with Crippen molar-refractivity contribution in [3.63, 3.8) is 0 Å². The van der Waals surface area contributed by atoms with Gasteiger partial charge in [-0.15, -0.1) is 0 Å². The molecule has 0 aromatic carbocycles. The van der Waals surface area contributed by atoms with Crippen LogP contribution in [0.15, 0.2) is 18.3 Å². The second-order valence-corrected chi connectivity index (χ2v) is 9.11. The summed E-state index contributed by atoms with van der Waals surface area (Å²) in [6.45, 7) is 0. The van der Waals surface area contributed by atoms with Crippen LogP contribution in [-0.4, -0.2) is 49.9 Å². The van der Waals surface area contributed by atoms with Crippen LogP contribution in [0.25, 0.3) is 0 Å². The first-order valence-electron chi connectivity index (χ1n) is 8.65. The Morgan fingerprint density at radius 3 is 2.54 bits per heavy atom. The van der Waals surface area contributed by atoms with Crippen LogP contribution in [0.5, 0.6) is 0 Å². The van der Waals surface area contributed by atoms with E-state index in [0.717, 1.165) is 12.8 Å². The average Bonchev–Trinajstić information content (AvgIpc) is 2.95. The quantitative estimate of drug-likeness (QED) is 0.894. The van der Waals surface area contributed by atoms with E-state index in [9.17, 15) is 13.2 Å². The number of nitrogens with zero attached hydrogens (tertiary/aromatic N) is 2. The van der Waals surface area contributed by atoms with Crippen molar-refractivity contribution in [2.24, 2.45) is 0 Å². The molecule has 1 aliphatic heterocycles. The summed E-state index contributed by atoms with van der Waals surface area (Å²) < 4.78 is 23.2. The molecule has 24 heavy (non-hydrogen) atoms. The van der Waals surface area contributed by atoms with E-state index in [1.165, 1.54) is 19.3 Å². The van der Waals surface area contributed by atoms with Gasteiger partial charge in [-0.1, -0.05) is 19.3 Å². The predicted molar refractivity (Wildman–Crippen MR) is 94.0 cm³/mol. The minimum atomic E-state index is -2.92. The van der Waals surface area contributed by atoms with Gasteiger partial charge in [-0.05, 0) is 31.4 Å². The van der Waals surface area contributed by atoms with Crippen molar-refractivity contribution in [1.82, 2.24) is 10.3 Å². The van der Waals surface area contributed by atoms with E-state index < -0.39 is 9.84 Å². The molecule has 0 spiro atoms. The maximum Gasteiger partial charge on any atom is 0.253 e. The number of amides is 1. The first-order chi connectivity index (χ1) is 11.4. The molecule has 1 aromatic heterocycles. The smallest absolute Gasteiger partial charge is 0.253 e. The zero-order chi connectivity index (χ0) is 17.2. The highest BCUT2D eigenvalue weighted by molar-refractivity contribution is 7.91. The number of hydrogen-bond acceptors (Lipinski definition) is 5. The highest BCUT2D eigenvalue weighted by atomic mass is 32.2. The van der Waals surface area contributed by atoms with E-state index in [4.69, 9.17) is 0 Å². The molecule has 2 aliphatic rings. The van der Waals surface area contributed by atoms with Gasteiger partial charge in [0.05, 0.1) is 17.1 Å². The third kappa shape index (κ3) is 4.06. The fraction of sp³-hybridized carbons (Fsp3) is 0.647. The Labute approximate surface area is 143 Å². The van der Waals surface area contributed by atoms with Gasteiger partial charge in [0, 0.05) is 25.3 Å². The molecule has 2 fully saturated rings. The number of rotatable bonds is 4. The van der Waals surface area contributed by atoms with Crippen LogP contribution >= 0.6 is 0 Å². The lowest BCUT2D eigenvalue weighted by Crippen LogP contribution is -2.36. The van der Waals surface area contributed by atoms with Crippen molar-refractivity contribution in [2.45, 2.75) is 50.6 Å². The van der Waals surface area contributed by atoms with Gasteiger partial charge in [0.25, 0.3) is 5.91 Å². The largest absolute Gasteiger partial charge is 0.356 e. The van der Waals surface area contributed by atoms with Gasteiger partial charge >= 0.3 is 0 Å². The first kappa shape index (κ1) is 17.2. The first-order valence-corrected chi connectivity index (χ1v) is 10.5. The van der Waals surface area contributed by atoms with E-state index >= 15 is 0 Å². The lowest BCUT2D eigenvalue weighted by atomic mass is 9.95. The summed E-state index contributed by atoms with van der Waals surface area (Å²) >= 11 is 0. The van der Waals surface area contributed by atoms with Crippen LogP contribution in [0, 0.1) is 0 Å². The fourth-order valence-corrected chi connectivity index (χ4v) is 5.29. The summed E-state index contributed by atoms with van der Waals surface area (Å²) in [5.74, 6) is 1.04. The summed E-state index contributed by atoms with van der Waals surface area (Å²) in [5.41, 5.74) is 0.553. The molecule has 1 saturated carbocycles. The Bertz CT molecular complexity index is 682. The van der Waals surface area contributed by atoms with Crippen molar-refractivity contribution in [2.75, 3.05) is 23.5 Å². The van der Waals surface area contributed by atoms with Gasteiger partial charge in [-0.3, -0.25) is 4.79 Å². The predicted octanol–water partition coefficient (Wildman–Crippen LogP) is 1.77. The molecule has 2 heterocycles. The number of pyridine rings is 1. The lowest BCUT2D eigenvalue weighted by molar-refractivity contribution is 0.0927. The highest BCUT2D eigenvalue weighted by Gasteiger charge is 2.31. The summed E-state index contributed by atoms with van der Waals surface area (Å²) in [6.07, 6.45) is 7.92. The van der Waals surface area contributed by atoms with Gasteiger partial charge in [0.1, 0.15) is 5.82 Å². The Kier molecular flexibility index (Phi) is 5.08. The van der Waals surface area contributed by atoms with Crippen LogP contribution in [0.2, 0.25) is 0 Å². The summed E-state index contributed by atoms with van der Waals surface area (Å²) in [7, 11) is -1.06. The number of carbonyl (C=O) groups excluding carboxylic acids is 1. The molecule has 1 N–H and O–H groups in total. The number of aromatic nitrogens is 1. The van der Waals surface area contributed by atoms with Crippen LogP contribution in [0.1, 0.15) is 48.9 Å². The van der Waals surface area contributed by atoms with Crippen LogP contribution in [0.3, 0.4) is 0 Å². The monoisotopic (exact) mass is 351 g/mol. The van der Waals surface area contributed by atoms with Gasteiger partial charge in [-0.25, -0.2) is 13.4 Å².